The van der Waals surface area contributed by atoms with Crippen LogP contribution in [0.15, 0.2) is 22.7 Å². The summed E-state index contributed by atoms with van der Waals surface area (Å²) in [6, 6.07) is 5.84. The van der Waals surface area contributed by atoms with Gasteiger partial charge in [-0.2, -0.15) is 0 Å². The maximum atomic E-state index is 11.5. The molecule has 0 aliphatic rings. The summed E-state index contributed by atoms with van der Waals surface area (Å²) in [6.07, 6.45) is 0.489. The molecule has 0 aromatic heterocycles. The van der Waals surface area contributed by atoms with Gasteiger partial charge in [0.25, 0.3) is 0 Å². The number of carbonyl (C=O) groups is 1. The molecule has 0 heterocycles. The molecule has 0 saturated carbocycles. The van der Waals surface area contributed by atoms with Crippen LogP contribution in [0.3, 0.4) is 0 Å². The van der Waals surface area contributed by atoms with Crippen LogP contribution in [0.2, 0.25) is 0 Å². The zero-order valence-electron chi connectivity index (χ0n) is 9.34. The maximum absolute atomic E-state index is 11.5. The molecule has 0 bridgehead atoms. The molecule has 16 heavy (non-hydrogen) atoms. The molecule has 3 nitrogen and oxygen atoms in total. The largest absolute Gasteiger partial charge is 0.326 e. The summed E-state index contributed by atoms with van der Waals surface area (Å²) in [6.45, 7) is 2.67. The van der Waals surface area contributed by atoms with E-state index < -0.39 is 0 Å². The zero-order chi connectivity index (χ0) is 11.3. The van der Waals surface area contributed by atoms with Gasteiger partial charge in [0.2, 0.25) is 5.91 Å². The SMILES string of the molecule is CNCCC(=O)Nc1cc(Br)ccc1C.Cl. The Bertz CT molecular complexity index is 358. The van der Waals surface area contributed by atoms with E-state index in [2.05, 4.69) is 26.6 Å². The van der Waals surface area contributed by atoms with Gasteiger partial charge in [0.05, 0.1) is 0 Å². The van der Waals surface area contributed by atoms with Crippen molar-refractivity contribution in [1.29, 1.82) is 0 Å². The van der Waals surface area contributed by atoms with E-state index in [1.54, 1.807) is 0 Å². The third-order valence-corrected chi connectivity index (χ3v) is 2.57. The van der Waals surface area contributed by atoms with Crippen molar-refractivity contribution in [3.63, 3.8) is 0 Å². The molecule has 0 spiro atoms. The standard InChI is InChI=1S/C11H15BrN2O.ClH/c1-8-3-4-9(12)7-10(8)14-11(15)5-6-13-2;/h3-4,7,13H,5-6H2,1-2H3,(H,14,15);1H. The molecule has 1 aromatic rings. The fourth-order valence-electron chi connectivity index (χ4n) is 1.18. The Balaban J connectivity index is 0.00000225. The van der Waals surface area contributed by atoms with Gasteiger partial charge in [-0.25, -0.2) is 0 Å². The highest BCUT2D eigenvalue weighted by Crippen LogP contribution is 2.20. The molecule has 2 N–H and O–H groups in total. The van der Waals surface area contributed by atoms with Crippen LogP contribution < -0.4 is 10.6 Å². The van der Waals surface area contributed by atoms with E-state index in [0.717, 1.165) is 15.7 Å². The lowest BCUT2D eigenvalue weighted by molar-refractivity contribution is -0.116. The number of carbonyl (C=O) groups excluding carboxylic acids is 1. The molecule has 0 aliphatic carbocycles. The summed E-state index contributed by atoms with van der Waals surface area (Å²) in [5.41, 5.74) is 1.93. The van der Waals surface area contributed by atoms with Crippen molar-refractivity contribution in [2.45, 2.75) is 13.3 Å². The summed E-state index contributed by atoms with van der Waals surface area (Å²) >= 11 is 3.38. The quantitative estimate of drug-likeness (QED) is 0.898. The molecule has 0 radical (unpaired) electrons. The zero-order valence-corrected chi connectivity index (χ0v) is 11.7. The summed E-state index contributed by atoms with van der Waals surface area (Å²) < 4.78 is 0.969. The second-order valence-electron chi connectivity index (χ2n) is 3.36. The molecule has 0 fully saturated rings. The monoisotopic (exact) mass is 306 g/mol. The van der Waals surface area contributed by atoms with Crippen molar-refractivity contribution in [3.8, 4) is 0 Å². The van der Waals surface area contributed by atoms with Gasteiger partial charge >= 0.3 is 0 Å². The molecule has 0 saturated heterocycles. The fraction of sp³-hybridized carbons (Fsp3) is 0.364. The summed E-state index contributed by atoms with van der Waals surface area (Å²) in [5.74, 6) is 0.0329. The minimum absolute atomic E-state index is 0. The van der Waals surface area contributed by atoms with E-state index in [9.17, 15) is 4.79 Å². The van der Waals surface area contributed by atoms with E-state index in [-0.39, 0.29) is 18.3 Å². The van der Waals surface area contributed by atoms with Gasteiger partial charge in [-0.05, 0) is 31.7 Å². The van der Waals surface area contributed by atoms with Crippen molar-refractivity contribution in [2.24, 2.45) is 0 Å². The van der Waals surface area contributed by atoms with Crippen LogP contribution in [-0.4, -0.2) is 19.5 Å². The molecular formula is C11H16BrClN2O. The predicted octanol–water partition coefficient (Wildman–Crippen LogP) is 2.73. The van der Waals surface area contributed by atoms with E-state index >= 15 is 0 Å². The third kappa shape index (κ3) is 4.96. The predicted molar refractivity (Wildman–Crippen MR) is 73.3 cm³/mol. The minimum atomic E-state index is 0. The Morgan fingerprint density at radius 3 is 2.75 bits per heavy atom. The van der Waals surface area contributed by atoms with Gasteiger partial charge in [-0.3, -0.25) is 4.79 Å². The maximum Gasteiger partial charge on any atom is 0.225 e. The number of amides is 1. The average Bonchev–Trinajstić information content (AvgIpc) is 2.20. The summed E-state index contributed by atoms with van der Waals surface area (Å²) in [7, 11) is 1.83. The number of halogens is 2. The number of hydrogen-bond donors (Lipinski definition) is 2. The lowest BCUT2D eigenvalue weighted by atomic mass is 10.2. The van der Waals surface area contributed by atoms with Crippen LogP contribution in [0.4, 0.5) is 5.69 Å². The van der Waals surface area contributed by atoms with Gasteiger partial charge in [0.15, 0.2) is 0 Å². The minimum Gasteiger partial charge on any atom is -0.326 e. The Morgan fingerprint density at radius 2 is 2.12 bits per heavy atom. The molecule has 1 aromatic carbocycles. The van der Waals surface area contributed by atoms with Crippen molar-refractivity contribution >= 4 is 39.9 Å². The summed E-state index contributed by atoms with van der Waals surface area (Å²) in [4.78, 5) is 11.5. The van der Waals surface area contributed by atoms with Gasteiger partial charge in [0.1, 0.15) is 0 Å². The van der Waals surface area contributed by atoms with Crippen LogP contribution in [0.25, 0.3) is 0 Å². The molecule has 0 unspecified atom stereocenters. The first-order valence-corrected chi connectivity index (χ1v) is 5.63. The lowest BCUT2D eigenvalue weighted by Gasteiger charge is -2.08. The number of nitrogens with one attached hydrogen (secondary N) is 2. The summed E-state index contributed by atoms with van der Waals surface area (Å²) in [5, 5.41) is 5.82. The van der Waals surface area contributed by atoms with E-state index in [0.29, 0.717) is 13.0 Å². The fourth-order valence-corrected chi connectivity index (χ4v) is 1.54. The number of anilines is 1. The topological polar surface area (TPSA) is 41.1 Å². The first-order chi connectivity index (χ1) is 7.13. The van der Waals surface area contributed by atoms with Gasteiger partial charge in [-0.1, -0.05) is 22.0 Å². The van der Waals surface area contributed by atoms with E-state index in [1.807, 2.05) is 32.2 Å². The molecule has 0 aliphatic heterocycles. The molecule has 1 amide bonds. The smallest absolute Gasteiger partial charge is 0.225 e. The van der Waals surface area contributed by atoms with E-state index in [4.69, 9.17) is 0 Å². The second-order valence-corrected chi connectivity index (χ2v) is 4.28. The Morgan fingerprint density at radius 1 is 1.44 bits per heavy atom. The highest BCUT2D eigenvalue weighted by molar-refractivity contribution is 9.10. The van der Waals surface area contributed by atoms with Gasteiger partial charge < -0.3 is 10.6 Å². The van der Waals surface area contributed by atoms with Crippen molar-refractivity contribution < 1.29 is 4.79 Å². The molecule has 5 heteroatoms. The van der Waals surface area contributed by atoms with Crippen LogP contribution >= 0.6 is 28.3 Å². The lowest BCUT2D eigenvalue weighted by Crippen LogP contribution is -2.19. The number of rotatable bonds is 4. The van der Waals surface area contributed by atoms with Crippen molar-refractivity contribution in [3.05, 3.63) is 28.2 Å². The molecule has 90 valence electrons. The average molecular weight is 308 g/mol. The van der Waals surface area contributed by atoms with Crippen molar-refractivity contribution in [1.82, 2.24) is 5.32 Å². The van der Waals surface area contributed by atoms with Crippen molar-refractivity contribution in [2.75, 3.05) is 18.9 Å². The highest BCUT2D eigenvalue weighted by atomic mass is 79.9. The molecule has 1 rings (SSSR count). The molecule has 0 atom stereocenters. The number of hydrogen-bond acceptors (Lipinski definition) is 2. The highest BCUT2D eigenvalue weighted by Gasteiger charge is 2.04. The molecular weight excluding hydrogens is 291 g/mol. The Hall–Kier alpha value is -0.580. The van der Waals surface area contributed by atoms with Crippen LogP contribution in [0, 0.1) is 6.92 Å². The first-order valence-electron chi connectivity index (χ1n) is 4.84. The Labute approximate surface area is 111 Å². The van der Waals surface area contributed by atoms with Crippen LogP contribution in [-0.2, 0) is 4.79 Å². The van der Waals surface area contributed by atoms with Crippen LogP contribution in [0.5, 0.6) is 0 Å². The number of benzene rings is 1. The second kappa shape index (κ2) is 7.65. The van der Waals surface area contributed by atoms with Gasteiger partial charge in [-0.15, -0.1) is 12.4 Å². The Kier molecular flexibility index (Phi) is 7.38. The normalized spacial score (nSPS) is 9.44. The first kappa shape index (κ1) is 15.4. The van der Waals surface area contributed by atoms with Crippen LogP contribution in [0.1, 0.15) is 12.0 Å². The van der Waals surface area contributed by atoms with Gasteiger partial charge in [0, 0.05) is 23.1 Å². The van der Waals surface area contributed by atoms with E-state index in [1.165, 1.54) is 0 Å². The third-order valence-electron chi connectivity index (χ3n) is 2.08. The number of aryl methyl sites for hydroxylation is 1.